The lowest BCUT2D eigenvalue weighted by Crippen LogP contribution is -2.07. The molecule has 2 rings (SSSR count). The van der Waals surface area contributed by atoms with Crippen molar-refractivity contribution in [1.29, 1.82) is 0 Å². The Morgan fingerprint density at radius 2 is 1.70 bits per heavy atom. The maximum Gasteiger partial charge on any atom is 0.416 e. The van der Waals surface area contributed by atoms with E-state index in [2.05, 4.69) is 4.98 Å². The third-order valence-electron chi connectivity index (χ3n) is 2.26. The molecule has 20 heavy (non-hydrogen) atoms. The fourth-order valence-corrected chi connectivity index (χ4v) is 1.40. The monoisotopic (exact) mass is 290 g/mol. The largest absolute Gasteiger partial charge is 0.439 e. The Kier molecular flexibility index (Phi) is 3.47. The second-order valence-corrected chi connectivity index (χ2v) is 3.79. The molecule has 1 aromatic carbocycles. The average molecular weight is 290 g/mol. The van der Waals surface area contributed by atoms with Gasteiger partial charge in [-0.15, -0.1) is 0 Å². The highest BCUT2D eigenvalue weighted by atomic mass is 19.4. The predicted octanol–water partition coefficient (Wildman–Crippen LogP) is 3.75. The van der Waals surface area contributed by atoms with Gasteiger partial charge in [-0.05, 0) is 18.2 Å². The van der Waals surface area contributed by atoms with E-state index in [9.17, 15) is 22.0 Å². The van der Waals surface area contributed by atoms with E-state index in [0.29, 0.717) is 18.2 Å². The van der Waals surface area contributed by atoms with E-state index in [0.717, 1.165) is 12.1 Å². The third-order valence-corrected chi connectivity index (χ3v) is 2.26. The van der Waals surface area contributed by atoms with Crippen LogP contribution in [0.4, 0.5) is 27.8 Å². The fourth-order valence-electron chi connectivity index (χ4n) is 1.40. The topological polar surface area (TPSA) is 48.1 Å². The molecule has 2 aromatic rings. The number of halogens is 5. The van der Waals surface area contributed by atoms with Crippen LogP contribution in [0, 0.1) is 11.6 Å². The summed E-state index contributed by atoms with van der Waals surface area (Å²) in [5.41, 5.74) is 4.19. The fraction of sp³-hybridized carbons (Fsp3) is 0.0833. The van der Waals surface area contributed by atoms with Crippen LogP contribution in [-0.2, 0) is 6.18 Å². The van der Waals surface area contributed by atoms with Gasteiger partial charge in [0.05, 0.1) is 5.56 Å². The lowest BCUT2D eigenvalue weighted by molar-refractivity contribution is -0.137. The number of nitrogen functional groups attached to an aromatic ring is 1. The first-order valence-electron chi connectivity index (χ1n) is 5.23. The third kappa shape index (κ3) is 3.14. The minimum atomic E-state index is -4.62. The van der Waals surface area contributed by atoms with Crippen LogP contribution in [0.1, 0.15) is 5.56 Å². The first-order valence-corrected chi connectivity index (χ1v) is 5.23. The molecule has 0 saturated heterocycles. The number of hydrogen-bond acceptors (Lipinski definition) is 3. The summed E-state index contributed by atoms with van der Waals surface area (Å²) in [5, 5.41) is 0. The maximum atomic E-state index is 12.9. The molecule has 0 fully saturated rings. The summed E-state index contributed by atoms with van der Waals surface area (Å²) in [6.07, 6.45) is -4.62. The van der Waals surface area contributed by atoms with Crippen LogP contribution in [0.3, 0.4) is 0 Å². The Labute approximate surface area is 109 Å². The van der Waals surface area contributed by atoms with E-state index in [4.69, 9.17) is 10.5 Å². The van der Waals surface area contributed by atoms with Crippen LogP contribution < -0.4 is 10.5 Å². The van der Waals surface area contributed by atoms with Gasteiger partial charge in [-0.3, -0.25) is 0 Å². The van der Waals surface area contributed by atoms with E-state index in [-0.39, 0.29) is 5.75 Å². The number of hydrogen-bond donors (Lipinski definition) is 1. The maximum absolute atomic E-state index is 12.9. The van der Waals surface area contributed by atoms with Crippen LogP contribution in [-0.4, -0.2) is 4.98 Å². The van der Waals surface area contributed by atoms with Crippen molar-refractivity contribution in [2.24, 2.45) is 0 Å². The molecule has 0 aliphatic rings. The molecule has 2 N–H and O–H groups in total. The molecule has 8 heteroatoms. The van der Waals surface area contributed by atoms with Gasteiger partial charge < -0.3 is 10.5 Å². The Hall–Kier alpha value is -2.38. The Morgan fingerprint density at radius 1 is 1.00 bits per heavy atom. The van der Waals surface area contributed by atoms with Crippen molar-refractivity contribution < 1.29 is 26.7 Å². The van der Waals surface area contributed by atoms with Crippen molar-refractivity contribution in [1.82, 2.24) is 4.98 Å². The van der Waals surface area contributed by atoms with Crippen LogP contribution >= 0.6 is 0 Å². The van der Waals surface area contributed by atoms with Gasteiger partial charge >= 0.3 is 6.18 Å². The number of benzene rings is 1. The van der Waals surface area contributed by atoms with Gasteiger partial charge in [0, 0.05) is 12.1 Å². The number of alkyl halides is 3. The molecule has 0 saturated carbocycles. The highest BCUT2D eigenvalue weighted by Crippen LogP contribution is 2.33. The standard InChI is InChI=1S/C12H7F5N2O/c13-8-2-1-7(5-9(8)14)20-11-4-6(12(15,16)17)3-10(18)19-11/h1-5H,(H2,18,19). The number of ether oxygens (including phenoxy) is 1. The highest BCUT2D eigenvalue weighted by molar-refractivity contribution is 5.40. The zero-order chi connectivity index (χ0) is 14.9. The van der Waals surface area contributed by atoms with Gasteiger partial charge in [0.25, 0.3) is 0 Å². The second kappa shape index (κ2) is 4.95. The molecular formula is C12H7F5N2O. The predicted molar refractivity (Wildman–Crippen MR) is 60.1 cm³/mol. The molecule has 0 spiro atoms. The molecule has 0 atom stereocenters. The zero-order valence-electron chi connectivity index (χ0n) is 9.71. The summed E-state index contributed by atoms with van der Waals surface area (Å²) >= 11 is 0. The molecule has 1 aromatic heterocycles. The molecule has 0 amide bonds. The summed E-state index contributed by atoms with van der Waals surface area (Å²) in [5.74, 6) is -3.37. The number of pyridine rings is 1. The van der Waals surface area contributed by atoms with Crippen LogP contribution in [0.15, 0.2) is 30.3 Å². The summed E-state index contributed by atoms with van der Waals surface area (Å²) in [6.45, 7) is 0. The summed E-state index contributed by atoms with van der Waals surface area (Å²) in [4.78, 5) is 3.53. The van der Waals surface area contributed by atoms with Gasteiger partial charge in [-0.2, -0.15) is 18.2 Å². The van der Waals surface area contributed by atoms with E-state index in [1.54, 1.807) is 0 Å². The highest BCUT2D eigenvalue weighted by Gasteiger charge is 2.31. The lowest BCUT2D eigenvalue weighted by Gasteiger charge is -2.10. The van der Waals surface area contributed by atoms with E-state index < -0.39 is 35.1 Å². The van der Waals surface area contributed by atoms with E-state index in [1.807, 2.05) is 0 Å². The first-order chi connectivity index (χ1) is 9.25. The second-order valence-electron chi connectivity index (χ2n) is 3.79. The first kappa shape index (κ1) is 14.0. The van der Waals surface area contributed by atoms with Crippen molar-refractivity contribution in [3.63, 3.8) is 0 Å². The van der Waals surface area contributed by atoms with Crippen LogP contribution in [0.2, 0.25) is 0 Å². The number of nitrogens with two attached hydrogens (primary N) is 1. The normalized spacial score (nSPS) is 11.4. The molecule has 3 nitrogen and oxygen atoms in total. The van der Waals surface area contributed by atoms with Gasteiger partial charge in [0.1, 0.15) is 11.6 Å². The van der Waals surface area contributed by atoms with Crippen molar-refractivity contribution in [2.75, 3.05) is 5.73 Å². The van der Waals surface area contributed by atoms with E-state index >= 15 is 0 Å². The minimum absolute atomic E-state index is 0.199. The summed E-state index contributed by atoms with van der Waals surface area (Å²) < 4.78 is 68.3. The van der Waals surface area contributed by atoms with Gasteiger partial charge in [0.15, 0.2) is 11.6 Å². The average Bonchev–Trinajstić information content (AvgIpc) is 2.32. The molecule has 0 aliphatic carbocycles. The van der Waals surface area contributed by atoms with Crippen molar-refractivity contribution in [3.05, 3.63) is 47.5 Å². The SMILES string of the molecule is Nc1cc(C(F)(F)F)cc(Oc2ccc(F)c(F)c2)n1. The summed E-state index contributed by atoms with van der Waals surface area (Å²) in [7, 11) is 0. The van der Waals surface area contributed by atoms with Crippen LogP contribution in [0.25, 0.3) is 0 Å². The molecular weight excluding hydrogens is 283 g/mol. The molecule has 106 valence electrons. The number of rotatable bonds is 2. The van der Waals surface area contributed by atoms with E-state index in [1.165, 1.54) is 0 Å². The smallest absolute Gasteiger partial charge is 0.416 e. The van der Waals surface area contributed by atoms with Crippen molar-refractivity contribution >= 4 is 5.82 Å². The molecule has 0 radical (unpaired) electrons. The lowest BCUT2D eigenvalue weighted by atomic mass is 10.2. The molecule has 1 heterocycles. The van der Waals surface area contributed by atoms with Crippen molar-refractivity contribution in [3.8, 4) is 11.6 Å². The molecule has 0 bridgehead atoms. The van der Waals surface area contributed by atoms with Gasteiger partial charge in [-0.25, -0.2) is 8.78 Å². The molecule has 0 unspecified atom stereocenters. The number of nitrogens with zero attached hydrogens (tertiary/aromatic N) is 1. The Morgan fingerprint density at radius 3 is 2.30 bits per heavy atom. The summed E-state index contributed by atoms with van der Waals surface area (Å²) in [6, 6.07) is 3.77. The van der Waals surface area contributed by atoms with Gasteiger partial charge in [0.2, 0.25) is 5.88 Å². The van der Waals surface area contributed by atoms with Crippen LogP contribution in [0.5, 0.6) is 11.6 Å². The number of aromatic nitrogens is 1. The van der Waals surface area contributed by atoms with Crippen molar-refractivity contribution in [2.45, 2.75) is 6.18 Å². The zero-order valence-corrected chi connectivity index (χ0v) is 9.71. The minimum Gasteiger partial charge on any atom is -0.439 e. The molecule has 0 aliphatic heterocycles. The van der Waals surface area contributed by atoms with Gasteiger partial charge in [-0.1, -0.05) is 0 Å². The Bertz CT molecular complexity index is 642. The Balaban J connectivity index is 2.33. The number of anilines is 1. The quantitative estimate of drug-likeness (QED) is 0.857.